The second kappa shape index (κ2) is 11.8. The van der Waals surface area contributed by atoms with Crippen molar-refractivity contribution in [3.63, 3.8) is 0 Å². The molecule has 0 aliphatic heterocycles. The Balaban J connectivity index is 1.91. The van der Waals surface area contributed by atoms with Crippen LogP contribution >= 0.6 is 0 Å². The fourth-order valence-corrected chi connectivity index (χ4v) is 3.99. The van der Waals surface area contributed by atoms with Gasteiger partial charge >= 0.3 is 5.97 Å². The van der Waals surface area contributed by atoms with Crippen LogP contribution in [0.25, 0.3) is 6.08 Å². The molecule has 2 rings (SSSR count). The third-order valence-corrected chi connectivity index (χ3v) is 5.79. The Kier molecular flexibility index (Phi) is 9.48. The van der Waals surface area contributed by atoms with Crippen molar-refractivity contribution < 1.29 is 9.53 Å². The van der Waals surface area contributed by atoms with Gasteiger partial charge in [0.05, 0.1) is 6.61 Å². The number of carbonyl (C=O) groups is 1. The predicted molar refractivity (Wildman–Crippen MR) is 124 cm³/mol. The average molecular weight is 411 g/mol. The molecule has 164 valence electrons. The highest BCUT2D eigenvalue weighted by atomic mass is 16.5. The molecule has 4 nitrogen and oxygen atoms in total. The molecule has 0 saturated carbocycles. The Labute approximate surface area is 182 Å². The number of hydrogen-bond acceptors (Lipinski definition) is 4. The molecule has 0 bridgehead atoms. The SMILES string of the molecule is CCCCCCCOC(=O)c1ncc(C=C(C)C=CC2=C(C)CCCC2(C)C)cn1. The summed E-state index contributed by atoms with van der Waals surface area (Å²) in [5.74, 6) is -0.321. The van der Waals surface area contributed by atoms with Gasteiger partial charge in [-0.1, -0.05) is 69.8 Å². The van der Waals surface area contributed by atoms with Gasteiger partial charge in [-0.3, -0.25) is 0 Å². The van der Waals surface area contributed by atoms with Crippen molar-refractivity contribution in [2.24, 2.45) is 5.41 Å². The molecule has 0 radical (unpaired) electrons. The van der Waals surface area contributed by atoms with E-state index < -0.39 is 5.97 Å². The summed E-state index contributed by atoms with van der Waals surface area (Å²) in [6.45, 7) is 11.6. The first-order valence-electron chi connectivity index (χ1n) is 11.4. The topological polar surface area (TPSA) is 52.1 Å². The smallest absolute Gasteiger partial charge is 0.376 e. The molecule has 0 amide bonds. The largest absolute Gasteiger partial charge is 0.460 e. The second-order valence-electron chi connectivity index (χ2n) is 9.04. The van der Waals surface area contributed by atoms with Crippen molar-refractivity contribution in [2.45, 2.75) is 86.0 Å². The van der Waals surface area contributed by atoms with E-state index in [1.165, 1.54) is 49.7 Å². The van der Waals surface area contributed by atoms with Gasteiger partial charge < -0.3 is 4.74 Å². The fourth-order valence-electron chi connectivity index (χ4n) is 3.99. The van der Waals surface area contributed by atoms with Crippen LogP contribution in [0.4, 0.5) is 0 Å². The van der Waals surface area contributed by atoms with Crippen molar-refractivity contribution >= 4 is 12.0 Å². The van der Waals surface area contributed by atoms with Crippen LogP contribution in [0.3, 0.4) is 0 Å². The summed E-state index contributed by atoms with van der Waals surface area (Å²) in [7, 11) is 0. The maximum atomic E-state index is 12.1. The summed E-state index contributed by atoms with van der Waals surface area (Å²) < 4.78 is 5.27. The molecule has 1 heterocycles. The molecule has 0 atom stereocenters. The van der Waals surface area contributed by atoms with Crippen LogP contribution in [0, 0.1) is 5.41 Å². The lowest BCUT2D eigenvalue weighted by Gasteiger charge is -2.32. The van der Waals surface area contributed by atoms with E-state index in [0.29, 0.717) is 6.61 Å². The molecule has 30 heavy (non-hydrogen) atoms. The van der Waals surface area contributed by atoms with E-state index >= 15 is 0 Å². The van der Waals surface area contributed by atoms with Crippen LogP contribution in [0.1, 0.15) is 102 Å². The quantitative estimate of drug-likeness (QED) is 0.235. The van der Waals surface area contributed by atoms with Gasteiger partial charge in [-0.15, -0.1) is 0 Å². The normalized spacial score (nSPS) is 16.9. The number of allylic oxidation sites excluding steroid dienone is 5. The first-order valence-corrected chi connectivity index (χ1v) is 11.4. The minimum Gasteiger partial charge on any atom is -0.460 e. The van der Waals surface area contributed by atoms with E-state index in [-0.39, 0.29) is 11.2 Å². The van der Waals surface area contributed by atoms with Gasteiger partial charge in [0.2, 0.25) is 5.82 Å². The zero-order valence-electron chi connectivity index (χ0n) is 19.5. The Morgan fingerprint density at radius 2 is 1.87 bits per heavy atom. The van der Waals surface area contributed by atoms with Gasteiger partial charge in [0.25, 0.3) is 0 Å². The fraction of sp³-hybridized carbons (Fsp3) is 0.577. The predicted octanol–water partition coefficient (Wildman–Crippen LogP) is 7.09. The maximum Gasteiger partial charge on any atom is 0.376 e. The Bertz CT molecular complexity index is 786. The molecule has 1 aromatic rings. The summed E-state index contributed by atoms with van der Waals surface area (Å²) in [5.41, 5.74) is 5.18. The third kappa shape index (κ3) is 7.55. The van der Waals surface area contributed by atoms with E-state index in [0.717, 1.165) is 24.0 Å². The van der Waals surface area contributed by atoms with E-state index in [2.05, 4.69) is 56.7 Å². The lowest BCUT2D eigenvalue weighted by atomic mass is 9.72. The van der Waals surface area contributed by atoms with Crippen molar-refractivity contribution in [1.29, 1.82) is 0 Å². The molecule has 0 N–H and O–H groups in total. The summed E-state index contributed by atoms with van der Waals surface area (Å²) in [6.07, 6.45) is 19.1. The van der Waals surface area contributed by atoms with Gasteiger partial charge in [0.1, 0.15) is 0 Å². The van der Waals surface area contributed by atoms with Crippen molar-refractivity contribution in [3.8, 4) is 0 Å². The number of ether oxygens (including phenoxy) is 1. The van der Waals surface area contributed by atoms with Crippen LogP contribution in [-0.4, -0.2) is 22.5 Å². The summed E-state index contributed by atoms with van der Waals surface area (Å²) in [6, 6.07) is 0. The minimum absolute atomic E-state index is 0.124. The number of rotatable bonds is 10. The molecule has 0 spiro atoms. The van der Waals surface area contributed by atoms with Gasteiger partial charge in [-0.2, -0.15) is 0 Å². The van der Waals surface area contributed by atoms with Crippen LogP contribution in [0.15, 0.2) is 41.3 Å². The molecule has 1 aromatic heterocycles. The zero-order chi connectivity index (χ0) is 22.0. The van der Waals surface area contributed by atoms with E-state index in [9.17, 15) is 4.79 Å². The molecular weight excluding hydrogens is 372 g/mol. The number of hydrogen-bond donors (Lipinski definition) is 0. The van der Waals surface area contributed by atoms with E-state index in [1.54, 1.807) is 12.4 Å². The van der Waals surface area contributed by atoms with Gasteiger partial charge in [0, 0.05) is 18.0 Å². The van der Waals surface area contributed by atoms with Crippen LogP contribution in [0.2, 0.25) is 0 Å². The second-order valence-corrected chi connectivity index (χ2v) is 9.04. The first kappa shape index (κ1) is 24.0. The van der Waals surface area contributed by atoms with E-state index in [4.69, 9.17) is 4.74 Å². The maximum absolute atomic E-state index is 12.1. The summed E-state index contributed by atoms with van der Waals surface area (Å²) >= 11 is 0. The average Bonchev–Trinajstić information content (AvgIpc) is 2.70. The number of esters is 1. The number of unbranched alkanes of at least 4 members (excludes halogenated alkanes) is 4. The van der Waals surface area contributed by atoms with Crippen LogP contribution in [-0.2, 0) is 4.74 Å². The van der Waals surface area contributed by atoms with Crippen molar-refractivity contribution in [3.05, 3.63) is 52.7 Å². The monoisotopic (exact) mass is 410 g/mol. The summed E-state index contributed by atoms with van der Waals surface area (Å²) in [4.78, 5) is 20.4. The van der Waals surface area contributed by atoms with Crippen molar-refractivity contribution in [2.75, 3.05) is 6.61 Å². The van der Waals surface area contributed by atoms with E-state index in [1.807, 2.05) is 6.08 Å². The highest BCUT2D eigenvalue weighted by molar-refractivity contribution is 5.85. The molecule has 1 aliphatic carbocycles. The lowest BCUT2D eigenvalue weighted by Crippen LogP contribution is -2.19. The molecule has 0 saturated heterocycles. The molecule has 4 heteroatoms. The molecule has 1 aliphatic rings. The van der Waals surface area contributed by atoms with Gasteiger partial charge in [-0.25, -0.2) is 14.8 Å². The van der Waals surface area contributed by atoms with Crippen molar-refractivity contribution in [1.82, 2.24) is 9.97 Å². The highest BCUT2D eigenvalue weighted by Crippen LogP contribution is 2.40. The Hall–Kier alpha value is -2.23. The highest BCUT2D eigenvalue weighted by Gasteiger charge is 2.26. The molecule has 0 aromatic carbocycles. The lowest BCUT2D eigenvalue weighted by molar-refractivity contribution is 0.0483. The van der Waals surface area contributed by atoms with Gasteiger partial charge in [-0.05, 0) is 56.6 Å². The molecular formula is C26H38N2O2. The number of nitrogens with zero attached hydrogens (tertiary/aromatic N) is 2. The van der Waals surface area contributed by atoms with Gasteiger partial charge in [0.15, 0.2) is 0 Å². The molecule has 0 unspecified atom stereocenters. The Morgan fingerprint density at radius 1 is 1.17 bits per heavy atom. The standard InChI is InChI=1S/C26H38N2O2/c1-6-7-8-9-10-16-30-25(29)24-27-18-22(19-28-24)17-20(2)13-14-23-21(3)12-11-15-26(23,4)5/h13-14,17-19H,6-12,15-16H2,1-5H3. The summed E-state index contributed by atoms with van der Waals surface area (Å²) in [5, 5.41) is 0. The minimum atomic E-state index is -0.445. The number of carbonyl (C=O) groups excluding carboxylic acids is 1. The van der Waals surface area contributed by atoms with Crippen LogP contribution in [0.5, 0.6) is 0 Å². The molecule has 0 fully saturated rings. The Morgan fingerprint density at radius 3 is 2.53 bits per heavy atom. The first-order chi connectivity index (χ1) is 14.3. The third-order valence-electron chi connectivity index (χ3n) is 5.79. The zero-order valence-corrected chi connectivity index (χ0v) is 19.5. The van der Waals surface area contributed by atoms with Crippen LogP contribution < -0.4 is 0 Å². The number of aromatic nitrogens is 2.